The van der Waals surface area contributed by atoms with Crippen LogP contribution in [0.3, 0.4) is 0 Å². The molecule has 0 saturated carbocycles. The van der Waals surface area contributed by atoms with Crippen molar-refractivity contribution in [3.63, 3.8) is 0 Å². The minimum absolute atomic E-state index is 0.598. The lowest BCUT2D eigenvalue weighted by atomic mass is 9.71. The standard InChI is InChI=1S/C14H20ClN3/c15-12-1-6-17-13(11-12)18-9-4-14(5-10-18)2-7-16-8-3-14/h1,6,11,16H,2-5,7-10H2. The fourth-order valence-electron chi connectivity index (χ4n) is 3.23. The molecule has 4 heteroatoms. The quantitative estimate of drug-likeness (QED) is 0.846. The molecule has 0 unspecified atom stereocenters. The van der Waals surface area contributed by atoms with Crippen molar-refractivity contribution in [2.24, 2.45) is 5.41 Å². The van der Waals surface area contributed by atoms with Crippen LogP contribution in [0.4, 0.5) is 5.82 Å². The first-order valence-corrected chi connectivity index (χ1v) is 7.23. The van der Waals surface area contributed by atoms with Gasteiger partial charge in [0.25, 0.3) is 0 Å². The summed E-state index contributed by atoms with van der Waals surface area (Å²) in [6, 6.07) is 3.81. The second kappa shape index (κ2) is 5.06. The third-order valence-electron chi connectivity index (χ3n) is 4.52. The number of anilines is 1. The maximum Gasteiger partial charge on any atom is 0.129 e. The Morgan fingerprint density at radius 1 is 1.17 bits per heavy atom. The number of rotatable bonds is 1. The van der Waals surface area contributed by atoms with E-state index in [2.05, 4.69) is 15.2 Å². The van der Waals surface area contributed by atoms with Crippen molar-refractivity contribution in [2.45, 2.75) is 25.7 Å². The van der Waals surface area contributed by atoms with Crippen LogP contribution in [0.2, 0.25) is 5.02 Å². The molecule has 0 bridgehead atoms. The summed E-state index contributed by atoms with van der Waals surface area (Å²) in [5.41, 5.74) is 0.598. The Hall–Kier alpha value is -0.800. The topological polar surface area (TPSA) is 28.2 Å². The molecular formula is C14H20ClN3. The van der Waals surface area contributed by atoms with E-state index in [1.54, 1.807) is 6.20 Å². The maximum absolute atomic E-state index is 6.03. The molecule has 1 aromatic rings. The molecule has 2 fully saturated rings. The van der Waals surface area contributed by atoms with Gasteiger partial charge in [0.2, 0.25) is 0 Å². The predicted molar refractivity (Wildman–Crippen MR) is 75.2 cm³/mol. The molecule has 3 heterocycles. The number of hydrogen-bond acceptors (Lipinski definition) is 3. The van der Waals surface area contributed by atoms with Crippen LogP contribution >= 0.6 is 11.6 Å². The van der Waals surface area contributed by atoms with Gasteiger partial charge >= 0.3 is 0 Å². The van der Waals surface area contributed by atoms with Gasteiger partial charge in [0, 0.05) is 24.3 Å². The van der Waals surface area contributed by atoms with Gasteiger partial charge in [0.05, 0.1) is 0 Å². The molecule has 0 aliphatic carbocycles. The zero-order valence-corrected chi connectivity index (χ0v) is 11.4. The van der Waals surface area contributed by atoms with Crippen molar-refractivity contribution in [3.05, 3.63) is 23.4 Å². The average molecular weight is 266 g/mol. The van der Waals surface area contributed by atoms with Crippen LogP contribution in [0.1, 0.15) is 25.7 Å². The van der Waals surface area contributed by atoms with Crippen molar-refractivity contribution < 1.29 is 0 Å². The zero-order valence-electron chi connectivity index (χ0n) is 10.7. The van der Waals surface area contributed by atoms with Crippen molar-refractivity contribution in [2.75, 3.05) is 31.1 Å². The highest BCUT2D eigenvalue weighted by atomic mass is 35.5. The van der Waals surface area contributed by atoms with Crippen LogP contribution in [0, 0.1) is 5.41 Å². The molecule has 2 aliphatic heterocycles. The van der Waals surface area contributed by atoms with Gasteiger partial charge in [-0.15, -0.1) is 0 Å². The molecular weight excluding hydrogens is 246 g/mol. The van der Waals surface area contributed by atoms with Crippen molar-refractivity contribution in [1.82, 2.24) is 10.3 Å². The molecule has 98 valence electrons. The van der Waals surface area contributed by atoms with E-state index >= 15 is 0 Å². The van der Waals surface area contributed by atoms with Crippen molar-refractivity contribution in [1.29, 1.82) is 0 Å². The molecule has 0 aromatic carbocycles. The van der Waals surface area contributed by atoms with Gasteiger partial charge in [-0.05, 0) is 56.3 Å². The normalized spacial score (nSPS) is 23.3. The van der Waals surface area contributed by atoms with Gasteiger partial charge in [-0.3, -0.25) is 0 Å². The van der Waals surface area contributed by atoms with E-state index in [-0.39, 0.29) is 0 Å². The number of nitrogens with zero attached hydrogens (tertiary/aromatic N) is 2. The first-order chi connectivity index (χ1) is 8.77. The summed E-state index contributed by atoms with van der Waals surface area (Å²) < 4.78 is 0. The monoisotopic (exact) mass is 265 g/mol. The number of pyridine rings is 1. The number of halogens is 1. The largest absolute Gasteiger partial charge is 0.357 e. The highest BCUT2D eigenvalue weighted by Gasteiger charge is 2.35. The predicted octanol–water partition coefficient (Wildman–Crippen LogP) is 2.71. The molecule has 0 atom stereocenters. The van der Waals surface area contributed by atoms with Gasteiger partial charge in [0.1, 0.15) is 5.82 Å². The molecule has 3 nitrogen and oxygen atoms in total. The minimum Gasteiger partial charge on any atom is -0.357 e. The maximum atomic E-state index is 6.03. The Morgan fingerprint density at radius 2 is 1.89 bits per heavy atom. The van der Waals surface area contributed by atoms with E-state index in [9.17, 15) is 0 Å². The Balaban J connectivity index is 1.66. The van der Waals surface area contributed by atoms with Crippen LogP contribution < -0.4 is 10.2 Å². The lowest BCUT2D eigenvalue weighted by Gasteiger charge is -2.44. The molecule has 2 aliphatic rings. The fourth-order valence-corrected chi connectivity index (χ4v) is 3.39. The summed E-state index contributed by atoms with van der Waals surface area (Å²) in [4.78, 5) is 6.80. The van der Waals surface area contributed by atoms with Gasteiger partial charge in [-0.25, -0.2) is 4.98 Å². The highest BCUT2D eigenvalue weighted by molar-refractivity contribution is 6.30. The van der Waals surface area contributed by atoms with Gasteiger partial charge in [0.15, 0.2) is 0 Å². The molecule has 18 heavy (non-hydrogen) atoms. The van der Waals surface area contributed by atoms with Crippen molar-refractivity contribution in [3.8, 4) is 0 Å². The lowest BCUT2D eigenvalue weighted by molar-refractivity contribution is 0.154. The number of piperidine rings is 2. The molecule has 1 N–H and O–H groups in total. The Bertz CT molecular complexity index is 405. The summed E-state index contributed by atoms with van der Waals surface area (Å²) in [5.74, 6) is 1.03. The zero-order chi connectivity index (χ0) is 12.4. The van der Waals surface area contributed by atoms with E-state index < -0.39 is 0 Å². The Labute approximate surface area is 114 Å². The molecule has 0 amide bonds. The summed E-state index contributed by atoms with van der Waals surface area (Å²) in [6.07, 6.45) is 7.06. The van der Waals surface area contributed by atoms with Crippen molar-refractivity contribution >= 4 is 17.4 Å². The van der Waals surface area contributed by atoms with Crippen LogP contribution in [0.25, 0.3) is 0 Å². The number of nitrogens with one attached hydrogen (secondary N) is 1. The SMILES string of the molecule is Clc1ccnc(N2CCC3(CCNCC3)CC2)c1. The summed E-state index contributed by atoms with van der Waals surface area (Å²) in [6.45, 7) is 4.62. The van der Waals surface area contributed by atoms with Crippen LogP contribution in [0.15, 0.2) is 18.3 Å². The lowest BCUT2D eigenvalue weighted by Crippen LogP contribution is -2.45. The second-order valence-corrected chi connectivity index (χ2v) is 6.01. The number of hydrogen-bond donors (Lipinski definition) is 1. The Kier molecular flexibility index (Phi) is 3.44. The molecule has 0 radical (unpaired) electrons. The smallest absolute Gasteiger partial charge is 0.129 e. The van der Waals surface area contributed by atoms with E-state index in [1.807, 2.05) is 12.1 Å². The molecule has 3 rings (SSSR count). The van der Waals surface area contributed by atoms with E-state index in [1.165, 1.54) is 38.8 Å². The van der Waals surface area contributed by atoms with Gasteiger partial charge in [-0.2, -0.15) is 0 Å². The fraction of sp³-hybridized carbons (Fsp3) is 0.643. The van der Waals surface area contributed by atoms with E-state index in [4.69, 9.17) is 11.6 Å². The van der Waals surface area contributed by atoms with Gasteiger partial charge < -0.3 is 10.2 Å². The number of aromatic nitrogens is 1. The minimum atomic E-state index is 0.598. The van der Waals surface area contributed by atoms with Crippen LogP contribution in [-0.4, -0.2) is 31.2 Å². The summed E-state index contributed by atoms with van der Waals surface area (Å²) in [5, 5.41) is 4.24. The summed E-state index contributed by atoms with van der Waals surface area (Å²) >= 11 is 6.03. The first kappa shape index (κ1) is 12.2. The third kappa shape index (κ3) is 2.47. The first-order valence-electron chi connectivity index (χ1n) is 6.85. The van der Waals surface area contributed by atoms with Crippen LogP contribution in [-0.2, 0) is 0 Å². The third-order valence-corrected chi connectivity index (χ3v) is 4.75. The summed E-state index contributed by atoms with van der Waals surface area (Å²) in [7, 11) is 0. The molecule has 1 spiro atoms. The van der Waals surface area contributed by atoms with E-state index in [0.29, 0.717) is 5.41 Å². The Morgan fingerprint density at radius 3 is 2.56 bits per heavy atom. The molecule has 2 saturated heterocycles. The van der Waals surface area contributed by atoms with E-state index in [0.717, 1.165) is 23.9 Å². The molecule has 1 aromatic heterocycles. The average Bonchev–Trinajstić information content (AvgIpc) is 2.40. The second-order valence-electron chi connectivity index (χ2n) is 5.57. The highest BCUT2D eigenvalue weighted by Crippen LogP contribution is 2.40. The van der Waals surface area contributed by atoms with Crippen LogP contribution in [0.5, 0.6) is 0 Å². The van der Waals surface area contributed by atoms with Gasteiger partial charge in [-0.1, -0.05) is 11.6 Å².